The van der Waals surface area contributed by atoms with E-state index in [2.05, 4.69) is 9.71 Å². The van der Waals surface area contributed by atoms with E-state index in [1.807, 2.05) is 6.92 Å². The Morgan fingerprint density at radius 3 is 2.81 bits per heavy atom. The lowest BCUT2D eigenvalue weighted by molar-refractivity contribution is 0.186. The van der Waals surface area contributed by atoms with Crippen LogP contribution in [0.5, 0.6) is 0 Å². The van der Waals surface area contributed by atoms with E-state index in [-0.39, 0.29) is 11.6 Å². The molecule has 1 aromatic rings. The second kappa shape index (κ2) is 5.42. The maximum absolute atomic E-state index is 11.7. The lowest BCUT2D eigenvalue weighted by Crippen LogP contribution is -2.27. The largest absolute Gasteiger partial charge is 0.393 e. The highest BCUT2D eigenvalue weighted by molar-refractivity contribution is 7.89. The Labute approximate surface area is 95.4 Å². The second-order valence-electron chi connectivity index (χ2n) is 3.58. The van der Waals surface area contributed by atoms with Crippen LogP contribution < -0.4 is 4.72 Å². The molecular formula is C9H17N3O3S. The molecule has 0 aliphatic carbocycles. The van der Waals surface area contributed by atoms with Crippen molar-refractivity contribution in [2.24, 2.45) is 0 Å². The maximum atomic E-state index is 11.7. The topological polar surface area (TPSA) is 84.2 Å². The van der Waals surface area contributed by atoms with Gasteiger partial charge in [-0.25, -0.2) is 18.1 Å². The Hall–Kier alpha value is -0.920. The summed E-state index contributed by atoms with van der Waals surface area (Å²) in [5.74, 6) is 0. The molecule has 1 atom stereocenters. The summed E-state index contributed by atoms with van der Waals surface area (Å²) in [6.07, 6.45) is 2.82. The quantitative estimate of drug-likeness (QED) is 0.738. The Balaban J connectivity index is 2.63. The molecule has 1 rings (SSSR count). The zero-order valence-electron chi connectivity index (χ0n) is 9.42. The summed E-state index contributed by atoms with van der Waals surface area (Å²) >= 11 is 0. The first-order valence-electron chi connectivity index (χ1n) is 5.15. The third-order valence-electron chi connectivity index (χ3n) is 2.10. The molecule has 6 nitrogen and oxygen atoms in total. The van der Waals surface area contributed by atoms with Crippen LogP contribution in [-0.2, 0) is 16.6 Å². The van der Waals surface area contributed by atoms with Crippen LogP contribution in [0.15, 0.2) is 17.6 Å². The zero-order valence-corrected chi connectivity index (χ0v) is 10.2. The summed E-state index contributed by atoms with van der Waals surface area (Å²) in [7, 11) is -3.54. The van der Waals surface area contributed by atoms with Crippen molar-refractivity contribution in [3.05, 3.63) is 12.5 Å². The number of aromatic nitrogens is 2. The molecular weight excluding hydrogens is 230 g/mol. The molecule has 2 N–H and O–H groups in total. The van der Waals surface area contributed by atoms with Crippen LogP contribution in [-0.4, -0.2) is 35.7 Å². The molecule has 0 aromatic carbocycles. The Morgan fingerprint density at radius 2 is 2.31 bits per heavy atom. The second-order valence-corrected chi connectivity index (χ2v) is 5.29. The van der Waals surface area contributed by atoms with E-state index in [9.17, 15) is 8.42 Å². The molecule has 0 saturated heterocycles. The summed E-state index contributed by atoms with van der Waals surface area (Å²) in [6, 6.07) is 0. The molecule has 92 valence electrons. The Morgan fingerprint density at radius 1 is 1.62 bits per heavy atom. The summed E-state index contributed by atoms with van der Waals surface area (Å²) in [4.78, 5) is 3.81. The van der Waals surface area contributed by atoms with Crippen molar-refractivity contribution >= 4 is 10.0 Å². The number of aliphatic hydroxyl groups is 1. The third kappa shape index (κ3) is 3.58. The monoisotopic (exact) mass is 247 g/mol. The average molecular weight is 247 g/mol. The molecule has 0 bridgehead atoms. The first kappa shape index (κ1) is 13.1. The molecule has 7 heteroatoms. The minimum atomic E-state index is -3.54. The smallest absolute Gasteiger partial charge is 0.259 e. The standard InChI is InChI=1S/C9H17N3O3S/c1-3-12-6-9(10-7-12)16(14,15)11-5-4-8(2)13/h6-8,11,13H,3-5H2,1-2H3. The van der Waals surface area contributed by atoms with Crippen molar-refractivity contribution in [3.63, 3.8) is 0 Å². The first-order valence-corrected chi connectivity index (χ1v) is 6.63. The molecule has 1 aromatic heterocycles. The third-order valence-corrected chi connectivity index (χ3v) is 3.45. The Kier molecular flexibility index (Phi) is 4.45. The molecule has 1 heterocycles. The summed E-state index contributed by atoms with van der Waals surface area (Å²) in [5.41, 5.74) is 0. The Bertz CT molecular complexity index is 425. The summed E-state index contributed by atoms with van der Waals surface area (Å²) < 4.78 is 27.4. The molecule has 0 fully saturated rings. The van der Waals surface area contributed by atoms with Crippen molar-refractivity contribution in [1.29, 1.82) is 0 Å². The lowest BCUT2D eigenvalue weighted by Gasteiger charge is -2.05. The van der Waals surface area contributed by atoms with Gasteiger partial charge >= 0.3 is 0 Å². The van der Waals surface area contributed by atoms with Crippen LogP contribution in [0.25, 0.3) is 0 Å². The number of aryl methyl sites for hydroxylation is 1. The van der Waals surface area contributed by atoms with Gasteiger partial charge in [0, 0.05) is 19.3 Å². The average Bonchev–Trinajstić information content (AvgIpc) is 2.65. The van der Waals surface area contributed by atoms with Crippen LogP contribution in [0.4, 0.5) is 0 Å². The van der Waals surface area contributed by atoms with Gasteiger partial charge in [0.25, 0.3) is 10.0 Å². The highest BCUT2D eigenvalue weighted by atomic mass is 32.2. The van der Waals surface area contributed by atoms with E-state index in [1.54, 1.807) is 11.5 Å². The van der Waals surface area contributed by atoms with Gasteiger partial charge in [-0.2, -0.15) is 0 Å². The molecule has 0 radical (unpaired) electrons. The van der Waals surface area contributed by atoms with Crippen molar-refractivity contribution in [2.45, 2.75) is 37.9 Å². The number of sulfonamides is 1. The van der Waals surface area contributed by atoms with E-state index in [1.165, 1.54) is 12.5 Å². The fraction of sp³-hybridized carbons (Fsp3) is 0.667. The number of nitrogens with one attached hydrogen (secondary N) is 1. The van der Waals surface area contributed by atoms with Crippen LogP contribution in [0.1, 0.15) is 20.3 Å². The zero-order chi connectivity index (χ0) is 12.2. The van der Waals surface area contributed by atoms with Gasteiger partial charge in [-0.05, 0) is 20.3 Å². The van der Waals surface area contributed by atoms with Gasteiger partial charge in [-0.3, -0.25) is 0 Å². The van der Waals surface area contributed by atoms with Crippen molar-refractivity contribution in [3.8, 4) is 0 Å². The predicted molar refractivity (Wildman–Crippen MR) is 59.4 cm³/mol. The number of imidazole rings is 1. The molecule has 1 unspecified atom stereocenters. The maximum Gasteiger partial charge on any atom is 0.259 e. The van der Waals surface area contributed by atoms with E-state index in [0.717, 1.165) is 0 Å². The first-order chi connectivity index (χ1) is 7.45. The molecule has 0 amide bonds. The highest BCUT2D eigenvalue weighted by Gasteiger charge is 2.16. The lowest BCUT2D eigenvalue weighted by atomic mass is 10.3. The van der Waals surface area contributed by atoms with E-state index in [4.69, 9.17) is 5.11 Å². The van der Waals surface area contributed by atoms with E-state index >= 15 is 0 Å². The minimum Gasteiger partial charge on any atom is -0.393 e. The fourth-order valence-electron chi connectivity index (χ4n) is 1.13. The van der Waals surface area contributed by atoms with Gasteiger partial charge in [0.15, 0.2) is 5.03 Å². The summed E-state index contributed by atoms with van der Waals surface area (Å²) in [5, 5.41) is 9.02. The summed E-state index contributed by atoms with van der Waals surface area (Å²) in [6.45, 7) is 4.40. The molecule has 0 spiro atoms. The van der Waals surface area contributed by atoms with E-state index < -0.39 is 16.1 Å². The molecule has 0 aliphatic rings. The molecule has 0 saturated carbocycles. The van der Waals surface area contributed by atoms with Crippen molar-refractivity contribution in [1.82, 2.24) is 14.3 Å². The van der Waals surface area contributed by atoms with Gasteiger partial charge in [0.1, 0.15) is 0 Å². The number of hydrogen-bond donors (Lipinski definition) is 2. The highest BCUT2D eigenvalue weighted by Crippen LogP contribution is 2.04. The van der Waals surface area contributed by atoms with Crippen molar-refractivity contribution in [2.75, 3.05) is 6.54 Å². The van der Waals surface area contributed by atoms with Crippen LogP contribution in [0, 0.1) is 0 Å². The van der Waals surface area contributed by atoms with Crippen LogP contribution in [0.3, 0.4) is 0 Å². The van der Waals surface area contributed by atoms with Crippen LogP contribution >= 0.6 is 0 Å². The number of hydrogen-bond acceptors (Lipinski definition) is 4. The predicted octanol–water partition coefficient (Wildman–Crippen LogP) is -0.0478. The SMILES string of the molecule is CCn1cnc(S(=O)(=O)NCCC(C)O)c1. The van der Waals surface area contributed by atoms with Gasteiger partial charge in [0.2, 0.25) is 0 Å². The van der Waals surface area contributed by atoms with Gasteiger partial charge < -0.3 is 9.67 Å². The van der Waals surface area contributed by atoms with Gasteiger partial charge in [-0.15, -0.1) is 0 Å². The minimum absolute atomic E-state index is 0.0138. The number of rotatable bonds is 6. The van der Waals surface area contributed by atoms with Crippen LogP contribution in [0.2, 0.25) is 0 Å². The number of nitrogens with zero attached hydrogens (tertiary/aromatic N) is 2. The van der Waals surface area contributed by atoms with Gasteiger partial charge in [0.05, 0.1) is 12.4 Å². The molecule has 0 aliphatic heterocycles. The fourth-order valence-corrected chi connectivity index (χ4v) is 2.12. The van der Waals surface area contributed by atoms with Gasteiger partial charge in [-0.1, -0.05) is 0 Å². The molecule has 16 heavy (non-hydrogen) atoms. The van der Waals surface area contributed by atoms with E-state index in [0.29, 0.717) is 13.0 Å². The normalized spacial score (nSPS) is 13.9. The van der Waals surface area contributed by atoms with Crippen molar-refractivity contribution < 1.29 is 13.5 Å². The number of aliphatic hydroxyl groups excluding tert-OH is 1.